The van der Waals surface area contributed by atoms with E-state index in [0.29, 0.717) is 38.2 Å². The molecule has 3 aromatic rings. The fourth-order valence-corrected chi connectivity index (χ4v) is 5.37. The number of nitrogens with zero attached hydrogens (tertiary/aromatic N) is 5. The summed E-state index contributed by atoms with van der Waals surface area (Å²) in [6.45, 7) is 11.1. The van der Waals surface area contributed by atoms with Crippen LogP contribution in [0.4, 0.5) is 8.78 Å². The van der Waals surface area contributed by atoms with Crippen LogP contribution in [0, 0.1) is 17.0 Å². The van der Waals surface area contributed by atoms with Crippen LogP contribution in [-0.2, 0) is 16.6 Å². The lowest BCUT2D eigenvalue weighted by molar-refractivity contribution is -0.135. The van der Waals surface area contributed by atoms with Gasteiger partial charge in [-0.05, 0) is 61.4 Å². The van der Waals surface area contributed by atoms with E-state index in [4.69, 9.17) is 4.98 Å². The van der Waals surface area contributed by atoms with Crippen LogP contribution < -0.4 is 0 Å². The number of aliphatic hydroxyl groups is 1. The van der Waals surface area contributed by atoms with Gasteiger partial charge in [0.15, 0.2) is 0 Å². The van der Waals surface area contributed by atoms with Crippen molar-refractivity contribution in [1.82, 2.24) is 25.1 Å². The number of likely N-dealkylation sites (tertiary alicyclic amines) is 1. The Morgan fingerprint density at radius 3 is 2.33 bits per heavy atom. The highest BCUT2D eigenvalue weighted by Crippen LogP contribution is 2.47. The highest BCUT2D eigenvalue weighted by Gasteiger charge is 2.45. The van der Waals surface area contributed by atoms with E-state index in [1.54, 1.807) is 17.2 Å². The van der Waals surface area contributed by atoms with E-state index < -0.39 is 23.7 Å². The summed E-state index contributed by atoms with van der Waals surface area (Å²) in [5.41, 5.74) is 1.34. The van der Waals surface area contributed by atoms with Crippen molar-refractivity contribution in [2.75, 3.05) is 19.7 Å². The molecule has 208 valence electrons. The number of hydrogen-bond acceptors (Lipinski definition) is 6. The summed E-state index contributed by atoms with van der Waals surface area (Å²) in [6, 6.07) is 7.44. The molecule has 3 heterocycles. The smallest absolute Gasteiger partial charge is 0.248 e. The van der Waals surface area contributed by atoms with E-state index in [1.165, 1.54) is 18.2 Å². The first-order valence-electron chi connectivity index (χ1n) is 13.5. The third kappa shape index (κ3) is 5.55. The number of rotatable bonds is 7. The van der Waals surface area contributed by atoms with E-state index in [-0.39, 0.29) is 28.5 Å². The van der Waals surface area contributed by atoms with Crippen LogP contribution in [0.1, 0.15) is 82.6 Å². The topological polar surface area (TPSA) is 92.1 Å². The molecule has 1 fully saturated rings. The number of carbonyl (C=O) groups excluding carboxylic acids is 1. The molecule has 0 aliphatic carbocycles. The fourth-order valence-electron chi connectivity index (χ4n) is 5.37. The zero-order valence-electron chi connectivity index (χ0n) is 23.3. The van der Waals surface area contributed by atoms with Gasteiger partial charge in [-0.2, -0.15) is 5.10 Å². The number of amides is 1. The first-order valence-corrected chi connectivity index (χ1v) is 13.5. The first kappa shape index (κ1) is 28.7. The van der Waals surface area contributed by atoms with E-state index in [0.717, 1.165) is 23.4 Å². The van der Waals surface area contributed by atoms with Crippen molar-refractivity contribution in [3.8, 4) is 11.3 Å². The van der Waals surface area contributed by atoms with Gasteiger partial charge in [0.2, 0.25) is 5.91 Å². The molecule has 0 saturated carbocycles. The van der Waals surface area contributed by atoms with Crippen molar-refractivity contribution in [3.05, 3.63) is 70.9 Å². The highest BCUT2D eigenvalue weighted by atomic mass is 19.1. The molecule has 0 bridgehead atoms. The molecule has 2 aromatic heterocycles. The van der Waals surface area contributed by atoms with Crippen molar-refractivity contribution in [1.29, 1.82) is 0 Å². The van der Waals surface area contributed by atoms with Gasteiger partial charge < -0.3 is 10.0 Å². The van der Waals surface area contributed by atoms with Gasteiger partial charge in [-0.25, -0.2) is 18.7 Å². The van der Waals surface area contributed by atoms with E-state index in [1.807, 2.05) is 6.07 Å². The number of aromatic nitrogens is 4. The summed E-state index contributed by atoms with van der Waals surface area (Å²) in [4.78, 5) is 23.2. The largest absolute Gasteiger partial charge is 0.387 e. The molecule has 7 nitrogen and oxygen atoms in total. The van der Waals surface area contributed by atoms with Gasteiger partial charge >= 0.3 is 0 Å². The molecule has 1 aliphatic heterocycles. The van der Waals surface area contributed by atoms with Gasteiger partial charge in [-0.1, -0.05) is 40.2 Å². The quantitative estimate of drug-likeness (QED) is 0.445. The summed E-state index contributed by atoms with van der Waals surface area (Å²) in [5.74, 6) is -0.807. The van der Waals surface area contributed by atoms with Crippen LogP contribution in [0.15, 0.2) is 36.5 Å². The lowest BCUT2D eigenvalue weighted by Crippen LogP contribution is -2.42. The van der Waals surface area contributed by atoms with E-state index in [9.17, 15) is 18.7 Å². The number of carbonyl (C=O) groups is 1. The van der Waals surface area contributed by atoms with Gasteiger partial charge in [-0.3, -0.25) is 4.79 Å². The molecule has 1 amide bonds. The molecule has 1 aromatic carbocycles. The predicted octanol–water partition coefficient (Wildman–Crippen LogP) is 5.21. The molecule has 1 saturated heterocycles. The number of benzene rings is 1. The minimum atomic E-state index is -0.692. The van der Waals surface area contributed by atoms with Crippen LogP contribution in [0.3, 0.4) is 0 Å². The minimum Gasteiger partial charge on any atom is -0.387 e. The van der Waals surface area contributed by atoms with E-state index >= 15 is 0 Å². The number of aryl methyl sites for hydroxylation is 1. The second-order valence-electron chi connectivity index (χ2n) is 11.4. The minimum absolute atomic E-state index is 0.0875. The average molecular weight is 538 g/mol. The van der Waals surface area contributed by atoms with Crippen molar-refractivity contribution in [2.24, 2.45) is 5.41 Å². The maximum Gasteiger partial charge on any atom is 0.248 e. The van der Waals surface area contributed by atoms with Crippen LogP contribution in [-0.4, -0.2) is 55.8 Å². The lowest BCUT2D eigenvalue weighted by atomic mass is 9.62. The standard InChI is InChI=1S/C30H37F2N5O2/c1-6-8-20-17-23(26-21(31)9-7-10-22(26)32)35-36-27(20)30(5,29(2,3)4)24-11-14-33-28(34-24)19-12-15-37(16-13-19)25(39)18-38/h7,9-11,14,17,19,38H,6,8,12-13,15-16,18H2,1-5H3. The number of piperidine rings is 1. The summed E-state index contributed by atoms with van der Waals surface area (Å²) in [7, 11) is 0. The highest BCUT2D eigenvalue weighted by molar-refractivity contribution is 5.77. The molecular weight excluding hydrogens is 500 g/mol. The summed E-state index contributed by atoms with van der Waals surface area (Å²) >= 11 is 0. The predicted molar refractivity (Wildman–Crippen MR) is 145 cm³/mol. The van der Waals surface area contributed by atoms with E-state index in [2.05, 4.69) is 49.8 Å². The van der Waals surface area contributed by atoms with Crippen LogP contribution >= 0.6 is 0 Å². The van der Waals surface area contributed by atoms with Crippen LogP contribution in [0.25, 0.3) is 11.3 Å². The van der Waals surface area contributed by atoms with Gasteiger partial charge in [0.05, 0.1) is 28.1 Å². The van der Waals surface area contributed by atoms with Gasteiger partial charge in [0.1, 0.15) is 24.1 Å². The Labute approximate surface area is 228 Å². The molecule has 4 rings (SSSR count). The Bertz CT molecular complexity index is 1310. The van der Waals surface area contributed by atoms with Crippen LogP contribution in [0.2, 0.25) is 0 Å². The first-order chi connectivity index (χ1) is 18.5. The third-order valence-electron chi connectivity index (χ3n) is 8.12. The normalized spacial score (nSPS) is 16.3. The Hall–Kier alpha value is -3.33. The molecule has 39 heavy (non-hydrogen) atoms. The second-order valence-corrected chi connectivity index (χ2v) is 11.4. The molecular formula is C30H37F2N5O2. The average Bonchev–Trinajstić information content (AvgIpc) is 2.92. The molecule has 1 unspecified atom stereocenters. The molecule has 0 radical (unpaired) electrons. The summed E-state index contributed by atoms with van der Waals surface area (Å²) < 4.78 is 29.2. The zero-order valence-corrected chi connectivity index (χ0v) is 23.3. The maximum absolute atomic E-state index is 14.6. The second kappa shape index (κ2) is 11.4. The van der Waals surface area contributed by atoms with Crippen molar-refractivity contribution in [2.45, 2.75) is 71.6 Å². The molecule has 0 spiro atoms. The fraction of sp³-hybridized carbons (Fsp3) is 0.500. The number of hydrogen-bond donors (Lipinski definition) is 1. The number of aliphatic hydroxyl groups excluding tert-OH is 1. The third-order valence-corrected chi connectivity index (χ3v) is 8.12. The SMILES string of the molecule is CCCc1cc(-c2c(F)cccc2F)nnc1C(C)(c1ccnc(C2CCN(C(=O)CO)CC2)n1)C(C)(C)C. The monoisotopic (exact) mass is 537 g/mol. The zero-order chi connectivity index (χ0) is 28.4. The summed E-state index contributed by atoms with van der Waals surface area (Å²) in [5, 5.41) is 18.2. The van der Waals surface area contributed by atoms with Gasteiger partial charge in [-0.15, -0.1) is 5.10 Å². The molecule has 1 N–H and O–H groups in total. The van der Waals surface area contributed by atoms with Gasteiger partial charge in [0.25, 0.3) is 0 Å². The maximum atomic E-state index is 14.6. The lowest BCUT2D eigenvalue weighted by Gasteiger charge is -2.42. The molecule has 9 heteroatoms. The summed E-state index contributed by atoms with van der Waals surface area (Å²) in [6.07, 6.45) is 4.67. The Morgan fingerprint density at radius 1 is 1.08 bits per heavy atom. The van der Waals surface area contributed by atoms with Gasteiger partial charge in [0, 0.05) is 25.2 Å². The molecule has 1 aliphatic rings. The van der Waals surface area contributed by atoms with Crippen molar-refractivity contribution >= 4 is 5.91 Å². The Morgan fingerprint density at radius 2 is 1.74 bits per heavy atom. The Balaban J connectivity index is 1.77. The van der Waals surface area contributed by atoms with Crippen molar-refractivity contribution in [3.63, 3.8) is 0 Å². The van der Waals surface area contributed by atoms with Crippen LogP contribution in [0.5, 0.6) is 0 Å². The number of halogens is 2. The Kier molecular flexibility index (Phi) is 8.39. The molecule has 1 atom stereocenters. The van der Waals surface area contributed by atoms with Crippen molar-refractivity contribution < 1.29 is 18.7 Å².